The van der Waals surface area contributed by atoms with Crippen molar-refractivity contribution in [2.45, 2.75) is 58.8 Å². The molecule has 2 aliphatic rings. The largest absolute Gasteiger partial charge is 0.444 e. The number of nitriles is 1. The van der Waals surface area contributed by atoms with Crippen molar-refractivity contribution in [3.63, 3.8) is 0 Å². The van der Waals surface area contributed by atoms with E-state index in [1.165, 1.54) is 6.20 Å². The number of fused-ring (bicyclic) bond motifs is 2. The molecule has 2 aromatic carbocycles. The first kappa shape index (κ1) is 29.1. The first-order valence-electron chi connectivity index (χ1n) is 14.6. The Kier molecular flexibility index (Phi) is 7.65. The molecular formula is C32H34ClFN6O3. The summed E-state index contributed by atoms with van der Waals surface area (Å²) in [5, 5.41) is 16.3. The summed E-state index contributed by atoms with van der Waals surface area (Å²) in [6.07, 6.45) is 5.76. The van der Waals surface area contributed by atoms with Gasteiger partial charge in [-0.2, -0.15) is 10.4 Å². The normalized spacial score (nSPS) is 17.8. The summed E-state index contributed by atoms with van der Waals surface area (Å²) < 4.78 is 29.9. The van der Waals surface area contributed by atoms with Gasteiger partial charge in [0, 0.05) is 67.1 Å². The molecule has 0 N–H and O–H groups in total. The predicted molar refractivity (Wildman–Crippen MR) is 164 cm³/mol. The van der Waals surface area contributed by atoms with E-state index in [-0.39, 0.29) is 28.4 Å². The highest BCUT2D eigenvalue weighted by molar-refractivity contribution is 6.35. The lowest BCUT2D eigenvalue weighted by molar-refractivity contribution is -0.0390. The van der Waals surface area contributed by atoms with Gasteiger partial charge in [-0.3, -0.25) is 4.98 Å². The smallest absolute Gasteiger partial charge is 0.410 e. The lowest BCUT2D eigenvalue weighted by Crippen LogP contribution is -2.50. The van der Waals surface area contributed by atoms with E-state index in [1.54, 1.807) is 11.0 Å². The van der Waals surface area contributed by atoms with Crippen molar-refractivity contribution in [2.75, 3.05) is 37.7 Å². The fraction of sp³-hybridized carbons (Fsp3) is 0.438. The van der Waals surface area contributed by atoms with Gasteiger partial charge in [0.25, 0.3) is 0 Å². The lowest BCUT2D eigenvalue weighted by atomic mass is 9.95. The fourth-order valence-corrected chi connectivity index (χ4v) is 6.23. The monoisotopic (exact) mass is 604 g/mol. The molecule has 0 radical (unpaired) electrons. The summed E-state index contributed by atoms with van der Waals surface area (Å²) in [5.41, 5.74) is 2.69. The Morgan fingerprint density at radius 2 is 1.93 bits per heavy atom. The third-order valence-corrected chi connectivity index (χ3v) is 8.30. The van der Waals surface area contributed by atoms with Gasteiger partial charge in [-0.25, -0.2) is 13.9 Å². The molecule has 6 rings (SSSR count). The minimum Gasteiger partial charge on any atom is -0.444 e. The van der Waals surface area contributed by atoms with E-state index in [4.69, 9.17) is 26.2 Å². The van der Waals surface area contributed by atoms with Crippen molar-refractivity contribution in [1.29, 1.82) is 5.26 Å². The van der Waals surface area contributed by atoms with Crippen molar-refractivity contribution in [3.8, 4) is 17.2 Å². The first-order valence-corrected chi connectivity index (χ1v) is 15.0. The molecule has 2 fully saturated rings. The van der Waals surface area contributed by atoms with Gasteiger partial charge in [-0.1, -0.05) is 23.7 Å². The van der Waals surface area contributed by atoms with Crippen molar-refractivity contribution in [2.24, 2.45) is 0 Å². The van der Waals surface area contributed by atoms with Gasteiger partial charge < -0.3 is 19.3 Å². The second kappa shape index (κ2) is 11.3. The number of benzene rings is 2. The number of aromatic nitrogens is 3. The Labute approximate surface area is 254 Å². The quantitative estimate of drug-likeness (QED) is 0.249. The number of pyridine rings is 1. The molecule has 0 saturated carbocycles. The molecule has 4 heterocycles. The first-order chi connectivity index (χ1) is 20.6. The average molecular weight is 605 g/mol. The highest BCUT2D eigenvalue weighted by Gasteiger charge is 2.30. The number of amides is 1. The number of nitrogens with zero attached hydrogens (tertiary/aromatic N) is 6. The van der Waals surface area contributed by atoms with E-state index >= 15 is 4.39 Å². The van der Waals surface area contributed by atoms with E-state index in [9.17, 15) is 10.1 Å². The van der Waals surface area contributed by atoms with Crippen molar-refractivity contribution >= 4 is 45.2 Å². The van der Waals surface area contributed by atoms with Gasteiger partial charge in [0.2, 0.25) is 0 Å². The van der Waals surface area contributed by atoms with Gasteiger partial charge >= 0.3 is 6.09 Å². The third-order valence-electron chi connectivity index (χ3n) is 8.00. The molecule has 0 bridgehead atoms. The van der Waals surface area contributed by atoms with Crippen LogP contribution in [0.4, 0.5) is 14.9 Å². The number of ether oxygens (including phenoxy) is 2. The molecular weight excluding hydrogens is 571 g/mol. The second-order valence-electron chi connectivity index (χ2n) is 12.2. The minimum absolute atomic E-state index is 0.120. The lowest BCUT2D eigenvalue weighted by Gasteiger charge is -2.37. The Bertz CT molecular complexity index is 1760. The molecule has 9 nitrogen and oxygen atoms in total. The summed E-state index contributed by atoms with van der Waals surface area (Å²) >= 11 is 6.91. The zero-order valence-electron chi connectivity index (χ0n) is 24.8. The minimum atomic E-state index is -0.597. The highest BCUT2D eigenvalue weighted by atomic mass is 35.5. The number of anilines is 1. The van der Waals surface area contributed by atoms with E-state index in [0.717, 1.165) is 30.2 Å². The van der Waals surface area contributed by atoms with Crippen LogP contribution in [-0.4, -0.2) is 64.1 Å². The Hall–Kier alpha value is -3.94. The standard InChI is InChI=1S/C32H34ClFN6O3/c1-19-8-9-20-18-40(24-7-5-6-14-42-24)37-28(20)25(19)26-23(33)15-22-29(27(26)34)36-17-21(16-35)30(22)38-10-12-39(13-11-38)31(41)43-32(2,3)4/h8-9,15,17-18,24H,5-7,10-14H2,1-4H3. The Morgan fingerprint density at radius 1 is 1.16 bits per heavy atom. The molecule has 4 aromatic rings. The molecule has 2 aromatic heterocycles. The second-order valence-corrected chi connectivity index (χ2v) is 12.6. The molecule has 2 saturated heterocycles. The van der Waals surface area contributed by atoms with Crippen LogP contribution in [0.5, 0.6) is 0 Å². The molecule has 1 amide bonds. The van der Waals surface area contributed by atoms with E-state index in [1.807, 2.05) is 55.6 Å². The molecule has 0 aliphatic carbocycles. The summed E-state index contributed by atoms with van der Waals surface area (Å²) in [4.78, 5) is 20.6. The van der Waals surface area contributed by atoms with Gasteiger partial charge in [0.05, 0.1) is 16.3 Å². The zero-order chi connectivity index (χ0) is 30.5. The fourth-order valence-electron chi connectivity index (χ4n) is 5.94. The van der Waals surface area contributed by atoms with Crippen LogP contribution in [0.15, 0.2) is 30.6 Å². The van der Waals surface area contributed by atoms with Gasteiger partial charge in [0.1, 0.15) is 28.9 Å². The van der Waals surface area contributed by atoms with Crippen molar-refractivity contribution in [3.05, 3.63) is 52.6 Å². The van der Waals surface area contributed by atoms with Crippen LogP contribution in [0.2, 0.25) is 5.02 Å². The van der Waals surface area contributed by atoms with E-state index in [2.05, 4.69) is 11.1 Å². The summed E-state index contributed by atoms with van der Waals surface area (Å²) in [6.45, 7) is 9.75. The number of piperazine rings is 1. The number of hydrogen-bond acceptors (Lipinski definition) is 7. The molecule has 1 unspecified atom stereocenters. The number of hydrogen-bond donors (Lipinski definition) is 0. The Morgan fingerprint density at radius 3 is 2.60 bits per heavy atom. The molecule has 11 heteroatoms. The van der Waals surface area contributed by atoms with Gasteiger partial charge in [-0.15, -0.1) is 0 Å². The number of carbonyl (C=O) groups is 1. The SMILES string of the molecule is Cc1ccc2cn(C3CCCCO3)nc2c1-c1c(Cl)cc2c(N3CCN(C(=O)OC(C)(C)C)CC3)c(C#N)cnc2c1F. The van der Waals surface area contributed by atoms with Gasteiger partial charge in [-0.05, 0) is 58.6 Å². The number of halogens is 2. The average Bonchev–Trinajstić information content (AvgIpc) is 3.42. The Balaban J connectivity index is 1.41. The maximum absolute atomic E-state index is 16.6. The topological polar surface area (TPSA) is 96.5 Å². The van der Waals surface area contributed by atoms with Crippen LogP contribution in [0.1, 0.15) is 57.4 Å². The zero-order valence-corrected chi connectivity index (χ0v) is 25.5. The number of carbonyl (C=O) groups excluding carboxylic acids is 1. The summed E-state index contributed by atoms with van der Waals surface area (Å²) in [5.74, 6) is -0.570. The van der Waals surface area contributed by atoms with Crippen LogP contribution in [-0.2, 0) is 9.47 Å². The van der Waals surface area contributed by atoms with Gasteiger partial charge in [0.15, 0.2) is 5.82 Å². The van der Waals surface area contributed by atoms with E-state index < -0.39 is 11.4 Å². The predicted octanol–water partition coefficient (Wildman–Crippen LogP) is 6.98. The molecule has 43 heavy (non-hydrogen) atoms. The van der Waals surface area contributed by atoms with Crippen LogP contribution in [0, 0.1) is 24.1 Å². The maximum atomic E-state index is 16.6. The summed E-state index contributed by atoms with van der Waals surface area (Å²) in [7, 11) is 0. The van der Waals surface area contributed by atoms with Crippen molar-refractivity contribution in [1.82, 2.24) is 19.7 Å². The van der Waals surface area contributed by atoms with Crippen molar-refractivity contribution < 1.29 is 18.7 Å². The molecule has 2 aliphatic heterocycles. The summed E-state index contributed by atoms with van der Waals surface area (Å²) in [6, 6.07) is 7.81. The third kappa shape index (κ3) is 5.48. The maximum Gasteiger partial charge on any atom is 0.410 e. The van der Waals surface area contributed by atoms with E-state index in [0.29, 0.717) is 60.5 Å². The molecule has 0 spiro atoms. The van der Waals surface area contributed by atoms with Crippen LogP contribution in [0.3, 0.4) is 0 Å². The number of aryl methyl sites for hydroxylation is 1. The van der Waals surface area contributed by atoms with Crippen LogP contribution in [0.25, 0.3) is 32.9 Å². The molecule has 224 valence electrons. The molecule has 1 atom stereocenters. The number of rotatable bonds is 3. The highest BCUT2D eigenvalue weighted by Crippen LogP contribution is 2.43. The van der Waals surface area contributed by atoms with Crippen LogP contribution >= 0.6 is 11.6 Å². The van der Waals surface area contributed by atoms with Crippen LogP contribution < -0.4 is 4.90 Å².